The van der Waals surface area contributed by atoms with E-state index in [0.717, 1.165) is 37.1 Å². The summed E-state index contributed by atoms with van der Waals surface area (Å²) in [4.78, 5) is 2.24. The highest BCUT2D eigenvalue weighted by molar-refractivity contribution is 7.90. The first kappa shape index (κ1) is 19.2. The Bertz CT molecular complexity index is 782. The van der Waals surface area contributed by atoms with Gasteiger partial charge in [-0.05, 0) is 58.1 Å². The van der Waals surface area contributed by atoms with Crippen molar-refractivity contribution in [2.75, 3.05) is 31.1 Å². The van der Waals surface area contributed by atoms with Gasteiger partial charge in [-0.15, -0.1) is 0 Å². The molecule has 0 bridgehead atoms. The monoisotopic (exact) mass is 392 g/mol. The first-order valence-corrected chi connectivity index (χ1v) is 11.3. The first-order chi connectivity index (χ1) is 12.6. The van der Waals surface area contributed by atoms with Crippen LogP contribution in [-0.2, 0) is 19.3 Å². The van der Waals surface area contributed by atoms with Crippen LogP contribution in [0.1, 0.15) is 40.5 Å². The Labute approximate surface area is 163 Å². The minimum Gasteiger partial charge on any atom is -0.399 e. The molecule has 2 heterocycles. The van der Waals surface area contributed by atoms with E-state index >= 15 is 0 Å². The average Bonchev–Trinajstić information content (AvgIpc) is 3.44. The second-order valence-electron chi connectivity index (χ2n) is 8.81. The molecule has 0 spiro atoms. The number of sulfonamides is 1. The van der Waals surface area contributed by atoms with Crippen molar-refractivity contribution >= 4 is 28.3 Å². The SMILES string of the molecule is CC1(C)OB(c2ccc(N3CCN(S(=O)(=O)C4CC4)CC3)cc2)OC1(C)C. The molecule has 3 aliphatic rings. The summed E-state index contributed by atoms with van der Waals surface area (Å²) < 4.78 is 38.6. The summed E-state index contributed by atoms with van der Waals surface area (Å²) in [5.41, 5.74) is 1.42. The lowest BCUT2D eigenvalue weighted by Crippen LogP contribution is -2.49. The maximum atomic E-state index is 12.4. The molecule has 3 fully saturated rings. The summed E-state index contributed by atoms with van der Waals surface area (Å²) in [5, 5.41) is -0.122. The van der Waals surface area contributed by atoms with E-state index in [1.807, 2.05) is 12.1 Å². The third kappa shape index (κ3) is 3.53. The zero-order chi connectivity index (χ0) is 19.4. The van der Waals surface area contributed by atoms with E-state index in [1.54, 1.807) is 4.31 Å². The Balaban J connectivity index is 1.39. The van der Waals surface area contributed by atoms with Crippen LogP contribution in [0.15, 0.2) is 24.3 Å². The van der Waals surface area contributed by atoms with Crippen LogP contribution in [0.2, 0.25) is 0 Å². The van der Waals surface area contributed by atoms with Gasteiger partial charge in [-0.1, -0.05) is 12.1 Å². The summed E-state index contributed by atoms with van der Waals surface area (Å²) in [6.45, 7) is 10.8. The number of hydrogen-bond donors (Lipinski definition) is 0. The molecule has 4 rings (SSSR count). The third-order valence-corrected chi connectivity index (χ3v) is 8.73. The van der Waals surface area contributed by atoms with E-state index in [4.69, 9.17) is 9.31 Å². The van der Waals surface area contributed by atoms with Crippen molar-refractivity contribution < 1.29 is 17.7 Å². The van der Waals surface area contributed by atoms with Gasteiger partial charge in [-0.2, -0.15) is 4.31 Å². The molecule has 27 heavy (non-hydrogen) atoms. The summed E-state index contributed by atoms with van der Waals surface area (Å²) in [5.74, 6) is 0. The second kappa shape index (κ2) is 6.47. The molecule has 0 aromatic heterocycles. The molecule has 6 nitrogen and oxygen atoms in total. The van der Waals surface area contributed by atoms with E-state index in [-0.39, 0.29) is 23.6 Å². The number of anilines is 1. The average molecular weight is 392 g/mol. The van der Waals surface area contributed by atoms with Gasteiger partial charge in [0.1, 0.15) is 0 Å². The van der Waals surface area contributed by atoms with Crippen LogP contribution >= 0.6 is 0 Å². The van der Waals surface area contributed by atoms with Gasteiger partial charge < -0.3 is 14.2 Å². The van der Waals surface area contributed by atoms with E-state index in [1.165, 1.54) is 0 Å². The number of rotatable bonds is 4. The number of benzene rings is 1. The fourth-order valence-electron chi connectivity index (χ4n) is 3.60. The van der Waals surface area contributed by atoms with Gasteiger partial charge in [0.25, 0.3) is 0 Å². The standard InChI is InChI=1S/C19H29BN2O4S/c1-18(2)19(3,4)26-20(25-18)15-5-7-16(8-6-15)21-11-13-22(14-12-21)27(23,24)17-9-10-17/h5-8,17H,9-14H2,1-4H3. The summed E-state index contributed by atoms with van der Waals surface area (Å²) in [7, 11) is -3.42. The number of piperazine rings is 1. The molecule has 2 aliphatic heterocycles. The van der Waals surface area contributed by atoms with Gasteiger partial charge in [0.2, 0.25) is 10.0 Å². The van der Waals surface area contributed by atoms with Crippen LogP contribution in [0.25, 0.3) is 0 Å². The van der Waals surface area contributed by atoms with Crippen LogP contribution in [0.3, 0.4) is 0 Å². The summed E-state index contributed by atoms with van der Waals surface area (Å²) in [6, 6.07) is 8.24. The molecule has 2 saturated heterocycles. The predicted octanol–water partition coefficient (Wildman–Crippen LogP) is 1.60. The van der Waals surface area contributed by atoms with Crippen molar-refractivity contribution in [1.82, 2.24) is 4.31 Å². The zero-order valence-corrected chi connectivity index (χ0v) is 17.5. The molecule has 0 amide bonds. The summed E-state index contributed by atoms with van der Waals surface area (Å²) >= 11 is 0. The maximum absolute atomic E-state index is 12.4. The second-order valence-corrected chi connectivity index (χ2v) is 11.0. The molecular weight excluding hydrogens is 363 g/mol. The van der Waals surface area contributed by atoms with Crippen LogP contribution in [-0.4, -0.2) is 62.5 Å². The Morgan fingerprint density at radius 2 is 1.44 bits per heavy atom. The van der Waals surface area contributed by atoms with Crippen LogP contribution in [0, 0.1) is 0 Å². The van der Waals surface area contributed by atoms with E-state index in [9.17, 15) is 8.42 Å². The molecular formula is C19H29BN2O4S. The Morgan fingerprint density at radius 3 is 1.93 bits per heavy atom. The smallest absolute Gasteiger partial charge is 0.399 e. The maximum Gasteiger partial charge on any atom is 0.494 e. The Hall–Kier alpha value is -1.09. The minimum atomic E-state index is -3.06. The largest absolute Gasteiger partial charge is 0.494 e. The van der Waals surface area contributed by atoms with Gasteiger partial charge >= 0.3 is 7.12 Å². The lowest BCUT2D eigenvalue weighted by molar-refractivity contribution is 0.00578. The zero-order valence-electron chi connectivity index (χ0n) is 16.6. The molecule has 148 valence electrons. The van der Waals surface area contributed by atoms with E-state index in [2.05, 4.69) is 44.7 Å². The van der Waals surface area contributed by atoms with Crippen LogP contribution < -0.4 is 10.4 Å². The molecule has 0 atom stereocenters. The van der Waals surface area contributed by atoms with Crippen molar-refractivity contribution in [1.29, 1.82) is 0 Å². The highest BCUT2D eigenvalue weighted by atomic mass is 32.2. The van der Waals surface area contributed by atoms with Gasteiger partial charge in [-0.3, -0.25) is 0 Å². The lowest BCUT2D eigenvalue weighted by atomic mass is 9.79. The van der Waals surface area contributed by atoms with Gasteiger partial charge in [0.05, 0.1) is 16.5 Å². The van der Waals surface area contributed by atoms with Crippen molar-refractivity contribution in [2.45, 2.75) is 57.0 Å². The van der Waals surface area contributed by atoms with Gasteiger partial charge in [0, 0.05) is 31.9 Å². The first-order valence-electron chi connectivity index (χ1n) is 9.80. The number of hydrogen-bond acceptors (Lipinski definition) is 5. The molecule has 1 aromatic rings. The van der Waals surface area contributed by atoms with Crippen molar-refractivity contribution in [3.63, 3.8) is 0 Å². The molecule has 0 N–H and O–H groups in total. The van der Waals surface area contributed by atoms with Gasteiger partial charge in [0.15, 0.2) is 0 Å². The van der Waals surface area contributed by atoms with Gasteiger partial charge in [-0.25, -0.2) is 8.42 Å². The highest BCUT2D eigenvalue weighted by Gasteiger charge is 2.51. The fourth-order valence-corrected chi connectivity index (χ4v) is 5.42. The quantitative estimate of drug-likeness (QED) is 0.729. The molecule has 0 unspecified atom stereocenters. The van der Waals surface area contributed by atoms with Crippen molar-refractivity contribution in [2.24, 2.45) is 0 Å². The van der Waals surface area contributed by atoms with Crippen molar-refractivity contribution in [3.8, 4) is 0 Å². The topological polar surface area (TPSA) is 59.1 Å². The highest BCUT2D eigenvalue weighted by Crippen LogP contribution is 2.36. The summed E-state index contributed by atoms with van der Waals surface area (Å²) in [6.07, 6.45) is 1.64. The Kier molecular flexibility index (Phi) is 4.61. The molecule has 0 radical (unpaired) electrons. The predicted molar refractivity (Wildman–Crippen MR) is 108 cm³/mol. The number of nitrogens with zero attached hydrogens (tertiary/aromatic N) is 2. The van der Waals surface area contributed by atoms with E-state index in [0.29, 0.717) is 13.1 Å². The molecule has 1 aromatic carbocycles. The van der Waals surface area contributed by atoms with E-state index < -0.39 is 10.0 Å². The minimum absolute atomic E-state index is 0.122. The molecule has 1 aliphatic carbocycles. The third-order valence-electron chi connectivity index (χ3n) is 6.33. The molecule has 1 saturated carbocycles. The van der Waals surface area contributed by atoms with Crippen molar-refractivity contribution in [3.05, 3.63) is 24.3 Å². The lowest BCUT2D eigenvalue weighted by Gasteiger charge is -2.35. The Morgan fingerprint density at radius 1 is 0.926 bits per heavy atom. The fraction of sp³-hybridized carbons (Fsp3) is 0.684. The van der Waals surface area contributed by atoms with Crippen LogP contribution in [0.4, 0.5) is 5.69 Å². The van der Waals surface area contributed by atoms with Crippen LogP contribution in [0.5, 0.6) is 0 Å². The normalized spacial score (nSPS) is 25.8. The molecule has 8 heteroatoms.